The van der Waals surface area contributed by atoms with E-state index in [0.29, 0.717) is 23.1 Å². The van der Waals surface area contributed by atoms with Crippen LogP contribution >= 0.6 is 35.3 Å². The van der Waals surface area contributed by atoms with Gasteiger partial charge in [0.1, 0.15) is 6.61 Å². The Morgan fingerprint density at radius 1 is 1.48 bits per heavy atom. The molecule has 21 heavy (non-hydrogen) atoms. The Kier molecular flexibility index (Phi) is 5.05. The van der Waals surface area contributed by atoms with Crippen molar-refractivity contribution < 1.29 is 9.26 Å². The van der Waals surface area contributed by atoms with E-state index in [-0.39, 0.29) is 18.4 Å². The van der Waals surface area contributed by atoms with Crippen molar-refractivity contribution in [1.82, 2.24) is 10.1 Å². The lowest BCUT2D eigenvalue weighted by Crippen LogP contribution is -2.18. The third-order valence-corrected chi connectivity index (χ3v) is 4.08. The number of hydrogen-bond donors (Lipinski definition) is 1. The van der Waals surface area contributed by atoms with Crippen LogP contribution in [0.25, 0.3) is 11.0 Å². The first-order valence-electron chi connectivity index (χ1n) is 5.99. The molecule has 0 fully saturated rings. The number of rotatable bonds is 4. The van der Waals surface area contributed by atoms with E-state index < -0.39 is 0 Å². The number of benzene rings is 1. The average molecular weight is 346 g/mol. The molecule has 112 valence electrons. The zero-order chi connectivity index (χ0) is 14.1. The van der Waals surface area contributed by atoms with Crippen LogP contribution in [0.3, 0.4) is 0 Å². The molecule has 0 radical (unpaired) electrons. The highest BCUT2D eigenvalue weighted by Gasteiger charge is 2.14. The van der Waals surface area contributed by atoms with E-state index in [0.717, 1.165) is 15.3 Å². The van der Waals surface area contributed by atoms with Crippen molar-refractivity contribution in [2.75, 3.05) is 6.61 Å². The number of fused-ring (bicyclic) bond motifs is 1. The Hall–Kier alpha value is -1.34. The summed E-state index contributed by atoms with van der Waals surface area (Å²) in [5.41, 5.74) is 6.69. The van der Waals surface area contributed by atoms with Crippen LogP contribution in [0.5, 0.6) is 5.88 Å². The number of aryl methyl sites for hydroxylation is 1. The van der Waals surface area contributed by atoms with Crippen LogP contribution in [0, 0.1) is 6.92 Å². The number of nitrogens with two attached hydrogens (primary N) is 1. The Balaban J connectivity index is 0.00000161. The minimum Gasteiger partial charge on any atom is -0.473 e. The van der Waals surface area contributed by atoms with Crippen LogP contribution in [0.2, 0.25) is 5.02 Å². The van der Waals surface area contributed by atoms with E-state index in [2.05, 4.69) is 10.1 Å². The second-order valence-corrected chi connectivity index (χ2v) is 6.03. The number of thiazole rings is 1. The predicted octanol–water partition coefficient (Wildman–Crippen LogP) is 3.75. The van der Waals surface area contributed by atoms with Gasteiger partial charge in [-0.1, -0.05) is 11.6 Å². The molecular weight excluding hydrogens is 333 g/mol. The molecule has 0 amide bonds. The van der Waals surface area contributed by atoms with E-state index in [4.69, 9.17) is 26.6 Å². The molecule has 0 bridgehead atoms. The summed E-state index contributed by atoms with van der Waals surface area (Å²) in [7, 11) is 0. The number of ether oxygens (including phenoxy) is 1. The molecule has 0 aliphatic heterocycles. The minimum absolute atomic E-state index is 0. The summed E-state index contributed by atoms with van der Waals surface area (Å²) in [5, 5.41) is 6.21. The third kappa shape index (κ3) is 3.47. The maximum absolute atomic E-state index is 6.06. The monoisotopic (exact) mass is 345 g/mol. The normalized spacial score (nSPS) is 12.1. The first-order chi connectivity index (χ1) is 9.63. The molecule has 0 saturated heterocycles. The van der Waals surface area contributed by atoms with Crippen LogP contribution in [-0.2, 0) is 0 Å². The van der Waals surface area contributed by atoms with Crippen molar-refractivity contribution in [3.8, 4) is 5.88 Å². The van der Waals surface area contributed by atoms with E-state index in [1.807, 2.05) is 6.92 Å². The lowest BCUT2D eigenvalue weighted by Gasteiger charge is -2.09. The van der Waals surface area contributed by atoms with Crippen molar-refractivity contribution in [2.24, 2.45) is 5.73 Å². The molecule has 8 heteroatoms. The molecule has 0 spiro atoms. The van der Waals surface area contributed by atoms with Gasteiger partial charge in [0.2, 0.25) is 0 Å². The molecular formula is C13H13Cl2N3O2S. The summed E-state index contributed by atoms with van der Waals surface area (Å²) in [6, 6.07) is 5.01. The van der Waals surface area contributed by atoms with E-state index >= 15 is 0 Å². The number of hydrogen-bond acceptors (Lipinski definition) is 6. The van der Waals surface area contributed by atoms with Gasteiger partial charge in [0.15, 0.2) is 5.58 Å². The van der Waals surface area contributed by atoms with Crippen LogP contribution in [0.1, 0.15) is 15.9 Å². The van der Waals surface area contributed by atoms with Gasteiger partial charge in [-0.25, -0.2) is 4.98 Å². The van der Waals surface area contributed by atoms with Gasteiger partial charge in [0.05, 0.1) is 16.4 Å². The van der Waals surface area contributed by atoms with Gasteiger partial charge in [0.25, 0.3) is 5.88 Å². The summed E-state index contributed by atoms with van der Waals surface area (Å²) < 4.78 is 10.8. The van der Waals surface area contributed by atoms with Crippen molar-refractivity contribution in [3.05, 3.63) is 39.3 Å². The molecule has 3 rings (SSSR count). The molecule has 1 atom stereocenters. The highest BCUT2D eigenvalue weighted by atomic mass is 35.5. The summed E-state index contributed by atoms with van der Waals surface area (Å²) in [5.74, 6) is 0.402. The predicted molar refractivity (Wildman–Crippen MR) is 85.5 cm³/mol. The Morgan fingerprint density at radius 2 is 2.29 bits per heavy atom. The Labute approximate surface area is 136 Å². The molecule has 2 N–H and O–H groups in total. The molecule has 5 nitrogen and oxygen atoms in total. The lowest BCUT2D eigenvalue weighted by atomic mass is 10.2. The Bertz CT molecular complexity index is 744. The zero-order valence-electron chi connectivity index (χ0n) is 11.1. The fraction of sp³-hybridized carbons (Fsp3) is 0.231. The largest absolute Gasteiger partial charge is 0.473 e. The van der Waals surface area contributed by atoms with Crippen molar-refractivity contribution in [3.63, 3.8) is 0 Å². The highest BCUT2D eigenvalue weighted by molar-refractivity contribution is 7.11. The van der Waals surface area contributed by atoms with Crippen molar-refractivity contribution >= 4 is 46.3 Å². The number of nitrogens with zero attached hydrogens (tertiary/aromatic N) is 2. The quantitative estimate of drug-likeness (QED) is 0.779. The number of halogens is 2. The minimum atomic E-state index is -0.243. The fourth-order valence-electron chi connectivity index (χ4n) is 1.79. The van der Waals surface area contributed by atoms with Crippen LogP contribution in [-0.4, -0.2) is 16.7 Å². The summed E-state index contributed by atoms with van der Waals surface area (Å²) in [4.78, 5) is 5.16. The Morgan fingerprint density at radius 3 is 3.00 bits per heavy atom. The van der Waals surface area contributed by atoms with Gasteiger partial charge in [0, 0.05) is 16.1 Å². The number of aromatic nitrogens is 2. The highest BCUT2D eigenvalue weighted by Crippen LogP contribution is 2.28. The molecule has 2 heterocycles. The van der Waals surface area contributed by atoms with Gasteiger partial charge in [-0.2, -0.15) is 0 Å². The summed E-state index contributed by atoms with van der Waals surface area (Å²) >= 11 is 7.51. The van der Waals surface area contributed by atoms with E-state index in [1.54, 1.807) is 35.7 Å². The maximum Gasteiger partial charge on any atom is 0.262 e. The standard InChI is InChI=1S/C13H12ClN3O2S.ClH/c1-7-16-5-12(20-7)10(15)6-18-13-9-4-8(14)2-3-11(9)19-17-13;/h2-5,10H,6,15H2,1H3;1H. The first-order valence-corrected chi connectivity index (χ1v) is 7.18. The zero-order valence-corrected chi connectivity index (χ0v) is 13.5. The van der Waals surface area contributed by atoms with Crippen molar-refractivity contribution in [1.29, 1.82) is 0 Å². The van der Waals surface area contributed by atoms with Crippen LogP contribution in [0.4, 0.5) is 0 Å². The lowest BCUT2D eigenvalue weighted by molar-refractivity contribution is 0.265. The van der Waals surface area contributed by atoms with E-state index in [9.17, 15) is 0 Å². The van der Waals surface area contributed by atoms with Crippen LogP contribution in [0.15, 0.2) is 28.9 Å². The topological polar surface area (TPSA) is 74.2 Å². The fourth-order valence-corrected chi connectivity index (χ4v) is 2.74. The summed E-state index contributed by atoms with van der Waals surface area (Å²) in [6.45, 7) is 2.24. The average Bonchev–Trinajstić information content (AvgIpc) is 3.02. The SMILES string of the molecule is Cc1ncc(C(N)COc2noc3ccc(Cl)cc23)s1.Cl. The van der Waals surface area contributed by atoms with Gasteiger partial charge in [-0.15, -0.1) is 23.7 Å². The van der Waals surface area contributed by atoms with Crippen LogP contribution < -0.4 is 10.5 Å². The molecule has 1 unspecified atom stereocenters. The molecule has 0 saturated carbocycles. The molecule has 2 aromatic heterocycles. The van der Waals surface area contributed by atoms with Gasteiger partial charge >= 0.3 is 0 Å². The maximum atomic E-state index is 6.06. The molecule has 0 aliphatic rings. The first kappa shape index (κ1) is 16.0. The van der Waals surface area contributed by atoms with Gasteiger partial charge in [-0.05, 0) is 30.3 Å². The van der Waals surface area contributed by atoms with Gasteiger partial charge in [-0.3, -0.25) is 0 Å². The molecule has 0 aliphatic carbocycles. The van der Waals surface area contributed by atoms with Gasteiger partial charge < -0.3 is 15.0 Å². The second kappa shape index (κ2) is 6.62. The van der Waals surface area contributed by atoms with E-state index in [1.165, 1.54) is 0 Å². The molecule has 3 aromatic rings. The summed E-state index contributed by atoms with van der Waals surface area (Å²) in [6.07, 6.45) is 1.77. The van der Waals surface area contributed by atoms with Crippen molar-refractivity contribution in [2.45, 2.75) is 13.0 Å². The second-order valence-electron chi connectivity index (χ2n) is 4.33. The third-order valence-electron chi connectivity index (χ3n) is 2.80. The molecule has 1 aromatic carbocycles. The smallest absolute Gasteiger partial charge is 0.262 e.